The summed E-state index contributed by atoms with van der Waals surface area (Å²) in [4.78, 5) is 13.4. The Morgan fingerprint density at radius 2 is 1.48 bits per heavy atom. The van der Waals surface area contributed by atoms with Crippen LogP contribution in [0.1, 0.15) is 176 Å². The predicted octanol–water partition coefficient (Wildman–Crippen LogP) is 10.1. The van der Waals surface area contributed by atoms with E-state index in [-0.39, 0.29) is 25.2 Å². The number of unbranched alkanes of at least 4 members (excludes halogenated alkanes) is 8. The molecule has 5 heteroatoms. The van der Waals surface area contributed by atoms with E-state index in [4.69, 9.17) is 10.2 Å². The number of amides is 1. The average Bonchev–Trinajstić information content (AvgIpc) is 3.41. The lowest BCUT2D eigenvalue weighted by Crippen LogP contribution is -2.50. The minimum atomic E-state index is -0.0766. The highest BCUT2D eigenvalue weighted by Crippen LogP contribution is 2.67. The topological polar surface area (TPSA) is 81.0 Å². The Labute approximate surface area is 297 Å². The summed E-state index contributed by atoms with van der Waals surface area (Å²) >= 11 is 0. The van der Waals surface area contributed by atoms with E-state index in [0.29, 0.717) is 30.3 Å². The van der Waals surface area contributed by atoms with Crippen molar-refractivity contribution in [1.82, 2.24) is 4.90 Å². The molecule has 0 aromatic heterocycles. The van der Waals surface area contributed by atoms with Gasteiger partial charge in [-0.25, -0.2) is 0 Å². The maximum atomic E-state index is 11.8. The zero-order chi connectivity index (χ0) is 35.2. The van der Waals surface area contributed by atoms with Crippen LogP contribution in [0, 0.1) is 46.3 Å². The number of hydrogen-bond acceptors (Lipinski definition) is 4. The fraction of sp³-hybridized carbons (Fsp3) is 0.930. The van der Waals surface area contributed by atoms with Crippen molar-refractivity contribution in [2.45, 2.75) is 182 Å². The fourth-order valence-corrected chi connectivity index (χ4v) is 11.0. The molecule has 3 saturated carbocycles. The van der Waals surface area contributed by atoms with Gasteiger partial charge in [0.05, 0.1) is 19.3 Å². The predicted molar refractivity (Wildman–Crippen MR) is 202 cm³/mol. The summed E-state index contributed by atoms with van der Waals surface area (Å²) in [6.45, 7) is 15.4. The van der Waals surface area contributed by atoms with Gasteiger partial charge in [-0.2, -0.15) is 0 Å². The number of rotatable bonds is 19. The number of hydrogen-bond donors (Lipinski definition) is 3. The van der Waals surface area contributed by atoms with Gasteiger partial charge in [0.1, 0.15) is 0 Å². The summed E-state index contributed by atoms with van der Waals surface area (Å²) in [5.41, 5.74) is 2.60. The Balaban J connectivity index is 0.000000279. The maximum Gasteiger partial charge on any atom is 0.222 e. The molecule has 8 atom stereocenters. The van der Waals surface area contributed by atoms with Crippen LogP contribution in [0.15, 0.2) is 11.6 Å². The van der Waals surface area contributed by atoms with Crippen molar-refractivity contribution in [3.05, 3.63) is 11.6 Å². The van der Waals surface area contributed by atoms with Crippen molar-refractivity contribution < 1.29 is 20.1 Å². The van der Waals surface area contributed by atoms with Gasteiger partial charge in [0.15, 0.2) is 0 Å². The van der Waals surface area contributed by atoms with Crippen molar-refractivity contribution in [1.29, 1.82) is 0 Å². The highest BCUT2D eigenvalue weighted by molar-refractivity contribution is 5.76. The van der Waals surface area contributed by atoms with Crippen molar-refractivity contribution in [2.75, 3.05) is 26.3 Å². The first-order valence-electron chi connectivity index (χ1n) is 20.9. The van der Waals surface area contributed by atoms with Crippen molar-refractivity contribution >= 4 is 5.91 Å². The summed E-state index contributed by atoms with van der Waals surface area (Å²) in [6.07, 6.45) is 28.8. The van der Waals surface area contributed by atoms with Crippen LogP contribution in [0.25, 0.3) is 0 Å². The molecule has 48 heavy (non-hydrogen) atoms. The third-order valence-corrected chi connectivity index (χ3v) is 13.9. The monoisotopic (exact) mass is 674 g/mol. The summed E-state index contributed by atoms with van der Waals surface area (Å²) in [5.74, 6) is 5.51. The molecule has 0 aromatic carbocycles. The molecule has 280 valence electrons. The first-order valence-corrected chi connectivity index (χ1v) is 20.9. The Hall–Kier alpha value is -0.910. The third-order valence-electron chi connectivity index (χ3n) is 13.9. The molecular weight excluding hydrogens is 594 g/mol. The smallest absolute Gasteiger partial charge is 0.222 e. The van der Waals surface area contributed by atoms with E-state index in [0.717, 1.165) is 61.2 Å². The summed E-state index contributed by atoms with van der Waals surface area (Å²) in [7, 11) is 0. The quantitative estimate of drug-likeness (QED) is 0.0942. The molecule has 0 spiro atoms. The minimum absolute atomic E-state index is 0.0382. The Morgan fingerprint density at radius 3 is 2.10 bits per heavy atom. The van der Waals surface area contributed by atoms with Crippen LogP contribution in [-0.4, -0.2) is 58.5 Å². The highest BCUT2D eigenvalue weighted by atomic mass is 16.3. The Bertz CT molecular complexity index is 943. The molecule has 0 saturated heterocycles. The van der Waals surface area contributed by atoms with Crippen LogP contribution >= 0.6 is 0 Å². The first-order chi connectivity index (χ1) is 23.0. The normalized spacial score (nSPS) is 31.6. The van der Waals surface area contributed by atoms with E-state index in [1.165, 1.54) is 103 Å². The van der Waals surface area contributed by atoms with Gasteiger partial charge in [0.2, 0.25) is 5.91 Å². The molecule has 1 amide bonds. The lowest BCUT2D eigenvalue weighted by atomic mass is 9.47. The molecule has 0 aromatic rings. The number of allylic oxidation sites excluding steroid dienone is 1. The molecule has 0 aliphatic heterocycles. The van der Waals surface area contributed by atoms with Gasteiger partial charge in [0, 0.05) is 19.5 Å². The minimum Gasteiger partial charge on any atom is -0.395 e. The molecule has 3 fully saturated rings. The van der Waals surface area contributed by atoms with Gasteiger partial charge in [0.25, 0.3) is 0 Å². The van der Waals surface area contributed by atoms with Gasteiger partial charge in [-0.05, 0) is 104 Å². The van der Waals surface area contributed by atoms with Crippen molar-refractivity contribution in [2.24, 2.45) is 46.3 Å². The van der Waals surface area contributed by atoms with Gasteiger partial charge in [-0.3, -0.25) is 4.79 Å². The number of fused-ring (bicyclic) bond motifs is 5. The average molecular weight is 674 g/mol. The summed E-state index contributed by atoms with van der Waals surface area (Å²) < 4.78 is 0. The molecular formula is C43H79NO4. The Morgan fingerprint density at radius 1 is 0.833 bits per heavy atom. The van der Waals surface area contributed by atoms with E-state index >= 15 is 0 Å². The first kappa shape index (κ1) is 41.5. The largest absolute Gasteiger partial charge is 0.395 e. The van der Waals surface area contributed by atoms with Gasteiger partial charge in [-0.1, -0.05) is 124 Å². The molecule has 0 bridgehead atoms. The van der Waals surface area contributed by atoms with Gasteiger partial charge >= 0.3 is 0 Å². The lowest BCUT2D eigenvalue weighted by Gasteiger charge is -2.58. The molecule has 5 nitrogen and oxygen atoms in total. The lowest BCUT2D eigenvalue weighted by molar-refractivity contribution is -0.132. The van der Waals surface area contributed by atoms with Gasteiger partial charge in [-0.15, -0.1) is 0 Å². The van der Waals surface area contributed by atoms with Crippen LogP contribution in [0.4, 0.5) is 0 Å². The van der Waals surface area contributed by atoms with Crippen LogP contribution in [0.5, 0.6) is 0 Å². The summed E-state index contributed by atoms with van der Waals surface area (Å²) in [5, 5.41) is 27.9. The molecule has 0 heterocycles. The Kier molecular flexibility index (Phi) is 18.0. The number of carbonyl (C=O) groups excluding carboxylic acids is 1. The zero-order valence-electron chi connectivity index (χ0n) is 32.5. The van der Waals surface area contributed by atoms with Gasteiger partial charge < -0.3 is 20.2 Å². The molecule has 4 aliphatic carbocycles. The molecule has 4 rings (SSSR count). The van der Waals surface area contributed by atoms with E-state index in [1.54, 1.807) is 10.5 Å². The molecule has 0 radical (unpaired) electrons. The van der Waals surface area contributed by atoms with Crippen molar-refractivity contribution in [3.63, 3.8) is 0 Å². The zero-order valence-corrected chi connectivity index (χ0v) is 32.5. The fourth-order valence-electron chi connectivity index (χ4n) is 11.0. The molecule has 3 N–H and O–H groups in total. The van der Waals surface area contributed by atoms with E-state index in [9.17, 15) is 9.90 Å². The second-order valence-electron chi connectivity index (χ2n) is 17.6. The van der Waals surface area contributed by atoms with E-state index in [2.05, 4.69) is 47.6 Å². The van der Waals surface area contributed by atoms with Crippen LogP contribution in [-0.2, 0) is 4.79 Å². The highest BCUT2D eigenvalue weighted by Gasteiger charge is 2.59. The second-order valence-corrected chi connectivity index (χ2v) is 17.6. The van der Waals surface area contributed by atoms with Crippen LogP contribution in [0.2, 0.25) is 0 Å². The third kappa shape index (κ3) is 11.3. The SMILES string of the molecule is CC(C)CCCC(C)[C@H]1CC[C@H]2[C@@H]3CC=C4C[C@@H](O)CC[C@]4(C)[C@H]3CC[C@]12C.CCCCCCCCCCCC(=O)N(CCO)CCO. The maximum absolute atomic E-state index is 11.8. The molecule has 1 unspecified atom stereocenters. The standard InChI is InChI=1S/C27H46O.C16H33NO3/c1-18(2)7-6-8-19(3)23-11-12-24-22-10-9-20-17-21(28)13-15-26(20,4)25(22)14-16-27(23,24)5;1-2-3-4-5-6-7-8-9-10-11-16(20)17(12-14-18)13-15-19/h9,18-19,21-25,28H,6-8,10-17H2,1-5H3;18-19H,2-15H2,1H3/t19?,21-,22-,23+,24-,25-,26-,27+;/m0./s1. The number of aliphatic hydroxyl groups excluding tert-OH is 3. The molecule has 4 aliphatic rings. The number of nitrogens with zero attached hydrogens (tertiary/aromatic N) is 1. The van der Waals surface area contributed by atoms with E-state index < -0.39 is 0 Å². The van der Waals surface area contributed by atoms with Crippen LogP contribution in [0.3, 0.4) is 0 Å². The summed E-state index contributed by atoms with van der Waals surface area (Å²) in [6, 6.07) is 0. The number of aliphatic hydroxyl groups is 3. The van der Waals surface area contributed by atoms with Crippen LogP contribution < -0.4 is 0 Å². The van der Waals surface area contributed by atoms with Crippen molar-refractivity contribution in [3.8, 4) is 0 Å². The van der Waals surface area contributed by atoms with E-state index in [1.807, 2.05) is 0 Å². The number of carbonyl (C=O) groups is 1. The second kappa shape index (κ2) is 20.8.